The van der Waals surface area contributed by atoms with E-state index in [4.69, 9.17) is 16.3 Å². The summed E-state index contributed by atoms with van der Waals surface area (Å²) in [7, 11) is 1.34. The van der Waals surface area contributed by atoms with E-state index in [2.05, 4.69) is 0 Å². The fourth-order valence-electron chi connectivity index (χ4n) is 1.23. The number of carbonyl (C=O) groups is 1. The van der Waals surface area contributed by atoms with Crippen LogP contribution in [0.2, 0.25) is 5.02 Å². The summed E-state index contributed by atoms with van der Waals surface area (Å²) >= 11 is 5.59. The average molecular weight is 233 g/mol. The van der Waals surface area contributed by atoms with Crippen molar-refractivity contribution >= 4 is 17.9 Å². The number of methoxy groups -OCH3 is 1. The third-order valence-corrected chi connectivity index (χ3v) is 2.26. The van der Waals surface area contributed by atoms with Crippen molar-refractivity contribution in [2.24, 2.45) is 0 Å². The molecule has 0 atom stereocenters. The van der Waals surface area contributed by atoms with Crippen molar-refractivity contribution < 1.29 is 19.0 Å². The molecule has 0 saturated carbocycles. The lowest BCUT2D eigenvalue weighted by molar-refractivity contribution is -0.107. The molecule has 0 unspecified atom stereocenters. The quantitative estimate of drug-likeness (QED) is 0.811. The Morgan fingerprint density at radius 1 is 1.67 bits per heavy atom. The van der Waals surface area contributed by atoms with Gasteiger partial charge in [-0.05, 0) is 6.42 Å². The van der Waals surface area contributed by atoms with Crippen LogP contribution in [0.4, 0.5) is 4.39 Å². The Hall–Kier alpha value is -1.29. The van der Waals surface area contributed by atoms with Gasteiger partial charge in [0, 0.05) is 18.1 Å². The molecular formula is C10H10ClFO3. The largest absolute Gasteiger partial charge is 0.504 e. The zero-order valence-corrected chi connectivity index (χ0v) is 8.84. The maximum absolute atomic E-state index is 13.4. The van der Waals surface area contributed by atoms with Gasteiger partial charge in [0.15, 0.2) is 11.5 Å². The Balaban J connectivity index is 3.20. The van der Waals surface area contributed by atoms with E-state index in [1.54, 1.807) is 0 Å². The Labute approximate surface area is 91.4 Å². The van der Waals surface area contributed by atoms with Crippen LogP contribution < -0.4 is 4.74 Å². The molecule has 0 aliphatic rings. The van der Waals surface area contributed by atoms with Gasteiger partial charge in [0.2, 0.25) is 0 Å². The molecule has 15 heavy (non-hydrogen) atoms. The van der Waals surface area contributed by atoms with Gasteiger partial charge in [-0.3, -0.25) is 0 Å². The van der Waals surface area contributed by atoms with Gasteiger partial charge in [-0.15, -0.1) is 0 Å². The van der Waals surface area contributed by atoms with E-state index in [1.807, 2.05) is 0 Å². The van der Waals surface area contributed by atoms with Crippen molar-refractivity contribution in [2.45, 2.75) is 12.8 Å². The number of aromatic hydroxyl groups is 1. The molecule has 0 aromatic heterocycles. The van der Waals surface area contributed by atoms with Gasteiger partial charge in [-0.25, -0.2) is 4.39 Å². The third-order valence-electron chi connectivity index (χ3n) is 1.98. The Morgan fingerprint density at radius 3 is 2.87 bits per heavy atom. The van der Waals surface area contributed by atoms with E-state index in [-0.39, 0.29) is 34.9 Å². The smallest absolute Gasteiger partial charge is 0.163 e. The molecule has 0 fully saturated rings. The summed E-state index contributed by atoms with van der Waals surface area (Å²) in [4.78, 5) is 10.2. The highest BCUT2D eigenvalue weighted by atomic mass is 35.5. The molecule has 1 aromatic rings. The minimum atomic E-state index is -0.711. The first-order valence-electron chi connectivity index (χ1n) is 4.29. The predicted molar refractivity (Wildman–Crippen MR) is 54.0 cm³/mol. The van der Waals surface area contributed by atoms with Crippen molar-refractivity contribution in [3.63, 3.8) is 0 Å². The van der Waals surface area contributed by atoms with Crippen molar-refractivity contribution in [3.8, 4) is 11.5 Å². The fourth-order valence-corrected chi connectivity index (χ4v) is 1.44. The van der Waals surface area contributed by atoms with Crippen LogP contribution in [0.5, 0.6) is 11.5 Å². The molecule has 1 aromatic carbocycles. The molecule has 82 valence electrons. The number of phenolic OH excluding ortho intramolecular Hbond substituents is 1. The van der Waals surface area contributed by atoms with Crippen molar-refractivity contribution in [2.75, 3.05) is 7.11 Å². The second kappa shape index (κ2) is 4.98. The van der Waals surface area contributed by atoms with Gasteiger partial charge in [0.05, 0.1) is 12.1 Å². The van der Waals surface area contributed by atoms with Crippen molar-refractivity contribution in [3.05, 3.63) is 22.5 Å². The summed E-state index contributed by atoms with van der Waals surface area (Å²) in [5.74, 6) is -0.916. The second-order valence-corrected chi connectivity index (χ2v) is 3.31. The standard InChI is InChI=1S/C10H10ClFO3/c1-15-8-5-7(11)9(12)6(10(8)14)3-2-4-13/h4-5,14H,2-3H2,1H3. The summed E-state index contributed by atoms with van der Waals surface area (Å²) in [5.41, 5.74) is 0.00597. The SMILES string of the molecule is COc1cc(Cl)c(F)c(CCC=O)c1O. The van der Waals surface area contributed by atoms with Crippen LogP contribution in [0.25, 0.3) is 0 Å². The van der Waals surface area contributed by atoms with Gasteiger partial charge in [0.1, 0.15) is 12.1 Å². The molecule has 0 aliphatic heterocycles. The highest BCUT2D eigenvalue weighted by molar-refractivity contribution is 6.31. The van der Waals surface area contributed by atoms with Crippen LogP contribution in [-0.4, -0.2) is 18.5 Å². The van der Waals surface area contributed by atoms with Gasteiger partial charge in [-0.2, -0.15) is 0 Å². The monoisotopic (exact) mass is 232 g/mol. The van der Waals surface area contributed by atoms with E-state index in [1.165, 1.54) is 13.2 Å². The molecule has 3 nitrogen and oxygen atoms in total. The molecule has 0 amide bonds. The molecule has 0 radical (unpaired) electrons. The van der Waals surface area contributed by atoms with E-state index in [9.17, 15) is 14.3 Å². The Morgan fingerprint density at radius 2 is 2.33 bits per heavy atom. The highest BCUT2D eigenvalue weighted by Gasteiger charge is 2.16. The Bertz CT molecular complexity index is 379. The average Bonchev–Trinajstić information content (AvgIpc) is 2.23. The van der Waals surface area contributed by atoms with Crippen molar-refractivity contribution in [1.82, 2.24) is 0 Å². The van der Waals surface area contributed by atoms with E-state index < -0.39 is 5.82 Å². The van der Waals surface area contributed by atoms with Crippen molar-refractivity contribution in [1.29, 1.82) is 0 Å². The first kappa shape index (κ1) is 11.8. The summed E-state index contributed by atoms with van der Waals surface area (Å²) in [6.45, 7) is 0. The van der Waals surface area contributed by atoms with E-state index in [0.29, 0.717) is 6.29 Å². The number of hydrogen-bond acceptors (Lipinski definition) is 3. The summed E-state index contributed by atoms with van der Waals surface area (Å²) in [5, 5.41) is 9.45. The zero-order valence-electron chi connectivity index (χ0n) is 8.09. The van der Waals surface area contributed by atoms with Crippen LogP contribution in [0.3, 0.4) is 0 Å². The molecule has 0 bridgehead atoms. The topological polar surface area (TPSA) is 46.5 Å². The normalized spacial score (nSPS) is 10.1. The number of aldehydes is 1. The number of benzene rings is 1. The minimum absolute atomic E-state index is 0.00597. The lowest BCUT2D eigenvalue weighted by atomic mass is 10.1. The molecular weight excluding hydrogens is 223 g/mol. The number of phenols is 1. The number of rotatable bonds is 4. The second-order valence-electron chi connectivity index (χ2n) is 2.91. The van der Waals surface area contributed by atoms with Crippen LogP contribution in [0, 0.1) is 5.82 Å². The van der Waals surface area contributed by atoms with E-state index >= 15 is 0 Å². The summed E-state index contributed by atoms with van der Waals surface area (Å²) < 4.78 is 18.3. The van der Waals surface area contributed by atoms with Crippen LogP contribution in [0.15, 0.2) is 6.07 Å². The minimum Gasteiger partial charge on any atom is -0.504 e. The molecule has 1 rings (SSSR count). The molecule has 5 heteroatoms. The Kier molecular flexibility index (Phi) is 3.91. The van der Waals surface area contributed by atoms with Crippen LogP contribution >= 0.6 is 11.6 Å². The summed E-state index contributed by atoms with van der Waals surface area (Å²) in [6.07, 6.45) is 0.859. The number of hydrogen-bond donors (Lipinski definition) is 1. The highest BCUT2D eigenvalue weighted by Crippen LogP contribution is 2.36. The maximum Gasteiger partial charge on any atom is 0.163 e. The molecule has 0 saturated heterocycles. The number of halogens is 2. The first-order valence-corrected chi connectivity index (χ1v) is 4.67. The molecule has 0 aliphatic carbocycles. The first-order chi connectivity index (χ1) is 7.11. The van der Waals surface area contributed by atoms with Gasteiger partial charge < -0.3 is 14.6 Å². The number of ether oxygens (including phenoxy) is 1. The summed E-state index contributed by atoms with van der Waals surface area (Å²) in [6, 6.07) is 1.19. The lowest BCUT2D eigenvalue weighted by Gasteiger charge is -2.10. The van der Waals surface area contributed by atoms with E-state index in [0.717, 1.165) is 0 Å². The van der Waals surface area contributed by atoms with Gasteiger partial charge in [0.25, 0.3) is 0 Å². The molecule has 0 spiro atoms. The molecule has 0 heterocycles. The van der Waals surface area contributed by atoms with Crippen LogP contribution in [-0.2, 0) is 11.2 Å². The molecule has 1 N–H and O–H groups in total. The fraction of sp³-hybridized carbons (Fsp3) is 0.300. The number of carbonyl (C=O) groups excluding carboxylic acids is 1. The van der Waals surface area contributed by atoms with Gasteiger partial charge in [-0.1, -0.05) is 11.6 Å². The zero-order chi connectivity index (χ0) is 11.4. The van der Waals surface area contributed by atoms with Crippen LogP contribution in [0.1, 0.15) is 12.0 Å². The lowest BCUT2D eigenvalue weighted by Crippen LogP contribution is -1.96. The van der Waals surface area contributed by atoms with Gasteiger partial charge >= 0.3 is 0 Å². The predicted octanol–water partition coefficient (Wildman–Crippen LogP) is 2.32. The third kappa shape index (κ3) is 2.39. The maximum atomic E-state index is 13.4.